The third-order valence-corrected chi connectivity index (χ3v) is 5.65. The maximum absolute atomic E-state index is 13.0. The summed E-state index contributed by atoms with van der Waals surface area (Å²) >= 11 is 0. The second-order valence-corrected chi connectivity index (χ2v) is 7.34. The summed E-state index contributed by atoms with van der Waals surface area (Å²) in [5, 5.41) is 2.90. The lowest BCUT2D eigenvalue weighted by atomic mass is 9.78. The molecule has 0 aliphatic carbocycles. The second kappa shape index (κ2) is 7.26. The van der Waals surface area contributed by atoms with Crippen molar-refractivity contribution in [2.24, 2.45) is 5.41 Å². The number of anilines is 1. The maximum Gasteiger partial charge on any atom is 0.321 e. The SMILES string of the molecule is COCCN1CCC[C@]2(CCN(C(=O)Nc3ccc4c(c3)OCO4)C2)C1=O. The molecule has 0 saturated carbocycles. The molecule has 1 aromatic rings. The number of methoxy groups -OCH3 is 1. The van der Waals surface area contributed by atoms with E-state index in [0.29, 0.717) is 49.8 Å². The van der Waals surface area contributed by atoms with Gasteiger partial charge in [0.05, 0.1) is 12.0 Å². The topological polar surface area (TPSA) is 80.3 Å². The molecule has 3 aliphatic rings. The maximum atomic E-state index is 13.0. The Kier molecular flexibility index (Phi) is 4.82. The van der Waals surface area contributed by atoms with E-state index in [1.165, 1.54) is 0 Å². The average Bonchev–Trinajstić information content (AvgIpc) is 3.30. The Morgan fingerprint density at radius 3 is 2.96 bits per heavy atom. The van der Waals surface area contributed by atoms with E-state index < -0.39 is 5.41 Å². The normalized spacial score (nSPS) is 24.0. The van der Waals surface area contributed by atoms with Crippen LogP contribution in [0.3, 0.4) is 0 Å². The number of rotatable bonds is 4. The van der Waals surface area contributed by atoms with Crippen molar-refractivity contribution in [2.45, 2.75) is 19.3 Å². The smallest absolute Gasteiger partial charge is 0.321 e. The average molecular weight is 375 g/mol. The first-order valence-corrected chi connectivity index (χ1v) is 9.35. The molecule has 1 aromatic carbocycles. The van der Waals surface area contributed by atoms with E-state index in [1.807, 2.05) is 4.90 Å². The highest BCUT2D eigenvalue weighted by molar-refractivity contribution is 5.91. The van der Waals surface area contributed by atoms with Crippen LogP contribution in [0, 0.1) is 5.41 Å². The van der Waals surface area contributed by atoms with Gasteiger partial charge in [0.25, 0.3) is 0 Å². The van der Waals surface area contributed by atoms with Crippen molar-refractivity contribution in [2.75, 3.05) is 52.0 Å². The minimum atomic E-state index is -0.446. The summed E-state index contributed by atoms with van der Waals surface area (Å²) in [4.78, 5) is 29.3. The van der Waals surface area contributed by atoms with Gasteiger partial charge in [-0.15, -0.1) is 0 Å². The van der Waals surface area contributed by atoms with Crippen LogP contribution in [0.5, 0.6) is 11.5 Å². The number of carbonyl (C=O) groups is 2. The zero-order valence-electron chi connectivity index (χ0n) is 15.5. The Morgan fingerprint density at radius 2 is 2.11 bits per heavy atom. The van der Waals surface area contributed by atoms with Crippen LogP contribution >= 0.6 is 0 Å². The Morgan fingerprint density at radius 1 is 1.26 bits per heavy atom. The summed E-state index contributed by atoms with van der Waals surface area (Å²) < 4.78 is 15.7. The van der Waals surface area contributed by atoms with Gasteiger partial charge in [0.2, 0.25) is 12.7 Å². The molecule has 0 unspecified atom stereocenters. The Hall–Kier alpha value is -2.48. The predicted molar refractivity (Wildman–Crippen MR) is 97.9 cm³/mol. The molecule has 0 bridgehead atoms. The van der Waals surface area contributed by atoms with Gasteiger partial charge in [-0.3, -0.25) is 4.79 Å². The fourth-order valence-corrected chi connectivity index (χ4v) is 4.17. The number of carbonyl (C=O) groups excluding carboxylic acids is 2. The summed E-state index contributed by atoms with van der Waals surface area (Å²) in [5.74, 6) is 1.46. The third-order valence-electron chi connectivity index (χ3n) is 5.65. The number of fused-ring (bicyclic) bond motifs is 1. The van der Waals surface area contributed by atoms with E-state index in [9.17, 15) is 9.59 Å². The van der Waals surface area contributed by atoms with Gasteiger partial charge in [-0.05, 0) is 31.4 Å². The van der Waals surface area contributed by atoms with Gasteiger partial charge >= 0.3 is 6.03 Å². The molecule has 2 fully saturated rings. The Balaban J connectivity index is 1.39. The number of ether oxygens (including phenoxy) is 3. The lowest BCUT2D eigenvalue weighted by Crippen LogP contribution is -2.51. The van der Waals surface area contributed by atoms with E-state index in [-0.39, 0.29) is 18.7 Å². The molecule has 27 heavy (non-hydrogen) atoms. The monoisotopic (exact) mass is 375 g/mol. The molecule has 3 heterocycles. The van der Waals surface area contributed by atoms with Gasteiger partial charge in [0.1, 0.15) is 0 Å². The van der Waals surface area contributed by atoms with Gasteiger partial charge in [-0.2, -0.15) is 0 Å². The zero-order chi connectivity index (χ0) is 18.9. The summed E-state index contributed by atoms with van der Waals surface area (Å²) in [6.45, 7) is 3.17. The number of nitrogens with zero attached hydrogens (tertiary/aromatic N) is 2. The fourth-order valence-electron chi connectivity index (χ4n) is 4.17. The molecule has 1 N–H and O–H groups in total. The number of nitrogens with one attached hydrogen (secondary N) is 1. The summed E-state index contributed by atoms with van der Waals surface area (Å²) in [5.41, 5.74) is 0.208. The van der Waals surface area contributed by atoms with Crippen molar-refractivity contribution in [3.8, 4) is 11.5 Å². The number of hydrogen-bond donors (Lipinski definition) is 1. The molecule has 146 valence electrons. The van der Waals surface area contributed by atoms with Gasteiger partial charge in [0, 0.05) is 45.0 Å². The molecule has 0 radical (unpaired) electrons. The van der Waals surface area contributed by atoms with Crippen LogP contribution in [0.2, 0.25) is 0 Å². The van der Waals surface area contributed by atoms with Crippen molar-refractivity contribution >= 4 is 17.6 Å². The Bertz CT molecular complexity index is 740. The third kappa shape index (κ3) is 3.41. The number of hydrogen-bond acceptors (Lipinski definition) is 5. The first kappa shape index (κ1) is 17.9. The first-order chi connectivity index (χ1) is 13.1. The van der Waals surface area contributed by atoms with Crippen LogP contribution in [0.1, 0.15) is 19.3 Å². The number of amides is 3. The van der Waals surface area contributed by atoms with Crippen LogP contribution in [0.4, 0.5) is 10.5 Å². The van der Waals surface area contributed by atoms with E-state index in [0.717, 1.165) is 19.4 Å². The minimum absolute atomic E-state index is 0.157. The molecule has 3 aliphatic heterocycles. The van der Waals surface area contributed by atoms with Crippen molar-refractivity contribution in [3.05, 3.63) is 18.2 Å². The molecular weight excluding hydrogens is 350 g/mol. The molecule has 1 atom stereocenters. The lowest BCUT2D eigenvalue weighted by molar-refractivity contribution is -0.146. The standard InChI is InChI=1S/C19H25N3O5/c1-25-10-9-21-7-2-5-19(17(21)23)6-8-22(12-19)18(24)20-14-3-4-15-16(11-14)27-13-26-15/h3-4,11H,2,5-10,12-13H2,1H3,(H,20,24)/t19-/m1/s1. The van der Waals surface area contributed by atoms with Gasteiger partial charge in [0.15, 0.2) is 11.5 Å². The van der Waals surface area contributed by atoms with Crippen molar-refractivity contribution in [1.82, 2.24) is 9.80 Å². The molecule has 4 rings (SSSR count). The van der Waals surface area contributed by atoms with Crippen molar-refractivity contribution in [1.29, 1.82) is 0 Å². The predicted octanol–water partition coefficient (Wildman–Crippen LogP) is 1.91. The highest BCUT2D eigenvalue weighted by atomic mass is 16.7. The largest absolute Gasteiger partial charge is 0.454 e. The number of benzene rings is 1. The molecule has 8 nitrogen and oxygen atoms in total. The van der Waals surface area contributed by atoms with E-state index in [4.69, 9.17) is 14.2 Å². The van der Waals surface area contributed by atoms with E-state index in [1.54, 1.807) is 30.2 Å². The zero-order valence-corrected chi connectivity index (χ0v) is 15.5. The minimum Gasteiger partial charge on any atom is -0.454 e. The number of urea groups is 1. The number of piperidine rings is 1. The number of likely N-dealkylation sites (tertiary alicyclic amines) is 2. The van der Waals surface area contributed by atoms with Crippen LogP contribution in [-0.4, -0.2) is 68.4 Å². The second-order valence-electron chi connectivity index (χ2n) is 7.34. The molecule has 3 amide bonds. The van der Waals surface area contributed by atoms with Crippen LogP contribution in [0.15, 0.2) is 18.2 Å². The molecule has 0 aromatic heterocycles. The van der Waals surface area contributed by atoms with Crippen LogP contribution < -0.4 is 14.8 Å². The van der Waals surface area contributed by atoms with Crippen LogP contribution in [-0.2, 0) is 9.53 Å². The van der Waals surface area contributed by atoms with Gasteiger partial charge in [-0.25, -0.2) is 4.79 Å². The van der Waals surface area contributed by atoms with E-state index in [2.05, 4.69) is 5.32 Å². The first-order valence-electron chi connectivity index (χ1n) is 9.35. The van der Waals surface area contributed by atoms with Crippen LogP contribution in [0.25, 0.3) is 0 Å². The Labute approximate surface area is 158 Å². The van der Waals surface area contributed by atoms with Gasteiger partial charge < -0.3 is 29.3 Å². The van der Waals surface area contributed by atoms with Crippen molar-refractivity contribution in [3.63, 3.8) is 0 Å². The lowest BCUT2D eigenvalue weighted by Gasteiger charge is -2.39. The van der Waals surface area contributed by atoms with Crippen molar-refractivity contribution < 1.29 is 23.8 Å². The quantitative estimate of drug-likeness (QED) is 0.870. The highest BCUT2D eigenvalue weighted by Crippen LogP contribution is 2.40. The summed E-state index contributed by atoms with van der Waals surface area (Å²) in [7, 11) is 1.64. The summed E-state index contributed by atoms with van der Waals surface area (Å²) in [6.07, 6.45) is 2.51. The molecule has 1 spiro atoms. The van der Waals surface area contributed by atoms with E-state index >= 15 is 0 Å². The highest BCUT2D eigenvalue weighted by Gasteiger charge is 2.49. The summed E-state index contributed by atoms with van der Waals surface area (Å²) in [6, 6.07) is 5.13. The van der Waals surface area contributed by atoms with Gasteiger partial charge in [-0.1, -0.05) is 0 Å². The molecule has 2 saturated heterocycles. The molecular formula is C19H25N3O5. The fraction of sp³-hybridized carbons (Fsp3) is 0.579. The molecule has 8 heteroatoms.